The number of aromatic nitrogens is 1. The fourth-order valence-electron chi connectivity index (χ4n) is 1.95. The van der Waals surface area contributed by atoms with E-state index in [2.05, 4.69) is 4.98 Å². The molecule has 1 amide bonds. The van der Waals surface area contributed by atoms with Crippen molar-refractivity contribution in [3.63, 3.8) is 0 Å². The second kappa shape index (κ2) is 5.92. The number of rotatable bonds is 4. The van der Waals surface area contributed by atoms with Crippen molar-refractivity contribution in [2.45, 2.75) is 6.54 Å². The van der Waals surface area contributed by atoms with Crippen LogP contribution in [0, 0.1) is 0 Å². The van der Waals surface area contributed by atoms with E-state index in [1.54, 1.807) is 29.6 Å². The van der Waals surface area contributed by atoms with Gasteiger partial charge < -0.3 is 15.5 Å². The van der Waals surface area contributed by atoms with Gasteiger partial charge in [0.15, 0.2) is 0 Å². The lowest BCUT2D eigenvalue weighted by Gasteiger charge is -2.21. The molecule has 2 N–H and O–H groups in total. The number of hydrogen-bond donors (Lipinski definition) is 1. The average molecular weight is 290 g/mol. The highest BCUT2D eigenvalue weighted by molar-refractivity contribution is 7.07. The molecule has 5 nitrogen and oxygen atoms in total. The van der Waals surface area contributed by atoms with E-state index in [4.69, 9.17) is 5.73 Å². The lowest BCUT2D eigenvalue weighted by Crippen LogP contribution is -2.28. The molecule has 2 rings (SSSR count). The summed E-state index contributed by atoms with van der Waals surface area (Å²) in [7, 11) is 5.58. The van der Waals surface area contributed by atoms with Crippen LogP contribution in [0.15, 0.2) is 29.1 Å². The molecule has 2 aromatic rings. The van der Waals surface area contributed by atoms with E-state index >= 15 is 0 Å². The van der Waals surface area contributed by atoms with Gasteiger partial charge in [0.2, 0.25) is 0 Å². The normalized spacial score (nSPS) is 10.3. The van der Waals surface area contributed by atoms with Crippen LogP contribution < -0.4 is 10.6 Å². The van der Waals surface area contributed by atoms with Gasteiger partial charge in [0.25, 0.3) is 5.91 Å². The highest BCUT2D eigenvalue weighted by Gasteiger charge is 2.18. The Labute approximate surface area is 122 Å². The average Bonchev–Trinajstić information content (AvgIpc) is 2.90. The van der Waals surface area contributed by atoms with Crippen molar-refractivity contribution in [2.24, 2.45) is 0 Å². The van der Waals surface area contributed by atoms with Crippen molar-refractivity contribution in [3.05, 3.63) is 40.3 Å². The lowest BCUT2D eigenvalue weighted by atomic mass is 10.1. The molecule has 0 unspecified atom stereocenters. The number of benzene rings is 1. The Morgan fingerprint density at radius 3 is 2.70 bits per heavy atom. The number of carbonyl (C=O) groups excluding carboxylic acids is 1. The van der Waals surface area contributed by atoms with Crippen molar-refractivity contribution < 1.29 is 4.79 Å². The maximum Gasteiger partial charge on any atom is 0.256 e. The third-order valence-electron chi connectivity index (χ3n) is 2.96. The second-order valence-corrected chi connectivity index (χ2v) is 5.53. The largest absolute Gasteiger partial charge is 0.399 e. The summed E-state index contributed by atoms with van der Waals surface area (Å²) in [5, 5.41) is 1.94. The molecule has 0 bridgehead atoms. The molecule has 0 fully saturated rings. The first kappa shape index (κ1) is 14.3. The molecule has 6 heteroatoms. The van der Waals surface area contributed by atoms with E-state index in [0.29, 0.717) is 17.8 Å². The zero-order valence-electron chi connectivity index (χ0n) is 11.8. The lowest BCUT2D eigenvalue weighted by molar-refractivity contribution is 0.0784. The maximum atomic E-state index is 12.6. The summed E-state index contributed by atoms with van der Waals surface area (Å²) in [5.74, 6) is -0.0611. The minimum atomic E-state index is -0.0611. The molecule has 106 valence electrons. The molecular formula is C14H18N4OS. The van der Waals surface area contributed by atoms with Gasteiger partial charge in [-0.2, -0.15) is 0 Å². The smallest absolute Gasteiger partial charge is 0.256 e. The van der Waals surface area contributed by atoms with Gasteiger partial charge in [-0.3, -0.25) is 4.79 Å². The minimum Gasteiger partial charge on any atom is -0.399 e. The zero-order chi connectivity index (χ0) is 14.7. The summed E-state index contributed by atoms with van der Waals surface area (Å²) < 4.78 is 0. The fraction of sp³-hybridized carbons (Fsp3) is 0.286. The van der Waals surface area contributed by atoms with Crippen LogP contribution in [-0.4, -0.2) is 36.9 Å². The summed E-state index contributed by atoms with van der Waals surface area (Å²) >= 11 is 1.52. The third kappa shape index (κ3) is 3.08. The topological polar surface area (TPSA) is 62.5 Å². The molecule has 0 atom stereocenters. The van der Waals surface area contributed by atoms with E-state index in [0.717, 1.165) is 11.4 Å². The Hall–Kier alpha value is -2.08. The summed E-state index contributed by atoms with van der Waals surface area (Å²) in [6.07, 6.45) is 0. The standard InChI is InChI=1S/C14H18N4OS/c1-17(2)13-5-4-10(15)6-12(13)14(19)18(3)7-11-8-20-9-16-11/h4-6,8-9H,7,15H2,1-3H3. The van der Waals surface area contributed by atoms with Gasteiger partial charge in [-0.05, 0) is 18.2 Å². The van der Waals surface area contributed by atoms with E-state index < -0.39 is 0 Å². The number of thiazole rings is 1. The van der Waals surface area contributed by atoms with E-state index in [1.807, 2.05) is 30.4 Å². The Balaban J connectivity index is 2.25. The summed E-state index contributed by atoms with van der Waals surface area (Å²) in [5.41, 5.74) is 10.5. The summed E-state index contributed by atoms with van der Waals surface area (Å²) in [6.45, 7) is 0.490. The van der Waals surface area contributed by atoms with Crippen LogP contribution in [-0.2, 0) is 6.54 Å². The van der Waals surface area contributed by atoms with Crippen LogP contribution in [0.2, 0.25) is 0 Å². The zero-order valence-corrected chi connectivity index (χ0v) is 12.6. The number of hydrogen-bond acceptors (Lipinski definition) is 5. The van der Waals surface area contributed by atoms with Crippen molar-refractivity contribution in [3.8, 4) is 0 Å². The first-order chi connectivity index (χ1) is 9.49. The number of anilines is 2. The van der Waals surface area contributed by atoms with Crippen LogP contribution in [0.5, 0.6) is 0 Å². The number of amides is 1. The Morgan fingerprint density at radius 2 is 2.10 bits per heavy atom. The number of nitrogen functional groups attached to an aromatic ring is 1. The molecular weight excluding hydrogens is 272 g/mol. The molecule has 1 heterocycles. The highest BCUT2D eigenvalue weighted by Crippen LogP contribution is 2.23. The predicted molar refractivity (Wildman–Crippen MR) is 83.1 cm³/mol. The Morgan fingerprint density at radius 1 is 1.35 bits per heavy atom. The maximum absolute atomic E-state index is 12.6. The SMILES string of the molecule is CN(Cc1cscn1)C(=O)c1cc(N)ccc1N(C)C. The van der Waals surface area contributed by atoms with E-state index in [9.17, 15) is 4.79 Å². The van der Waals surface area contributed by atoms with Crippen molar-refractivity contribution in [1.82, 2.24) is 9.88 Å². The molecule has 0 aliphatic carbocycles. The van der Waals surface area contributed by atoms with Gasteiger partial charge >= 0.3 is 0 Å². The van der Waals surface area contributed by atoms with Gasteiger partial charge in [-0.1, -0.05) is 0 Å². The van der Waals surface area contributed by atoms with Gasteiger partial charge in [-0.15, -0.1) is 11.3 Å². The summed E-state index contributed by atoms with van der Waals surface area (Å²) in [4.78, 5) is 20.3. The van der Waals surface area contributed by atoms with Crippen LogP contribution in [0.25, 0.3) is 0 Å². The number of nitrogens with zero attached hydrogens (tertiary/aromatic N) is 3. The molecule has 0 spiro atoms. The number of carbonyl (C=O) groups is 1. The van der Waals surface area contributed by atoms with Crippen LogP contribution in [0.1, 0.15) is 16.1 Å². The first-order valence-electron chi connectivity index (χ1n) is 6.18. The third-order valence-corrected chi connectivity index (χ3v) is 3.60. The quantitative estimate of drug-likeness (QED) is 0.876. The van der Waals surface area contributed by atoms with Crippen molar-refractivity contribution in [2.75, 3.05) is 31.8 Å². The minimum absolute atomic E-state index is 0.0611. The Kier molecular flexibility index (Phi) is 4.24. The molecule has 1 aromatic heterocycles. The highest BCUT2D eigenvalue weighted by atomic mass is 32.1. The molecule has 0 aliphatic heterocycles. The molecule has 0 saturated heterocycles. The Bertz CT molecular complexity index is 595. The predicted octanol–water partition coefficient (Wildman–Crippen LogP) is 2.06. The van der Waals surface area contributed by atoms with E-state index in [1.165, 1.54) is 11.3 Å². The molecule has 0 radical (unpaired) electrons. The fourth-order valence-corrected chi connectivity index (χ4v) is 2.50. The first-order valence-corrected chi connectivity index (χ1v) is 7.12. The molecule has 1 aromatic carbocycles. The van der Waals surface area contributed by atoms with Gasteiger partial charge in [0.1, 0.15) is 0 Å². The van der Waals surface area contributed by atoms with Crippen molar-refractivity contribution >= 4 is 28.6 Å². The van der Waals surface area contributed by atoms with Crippen LogP contribution in [0.3, 0.4) is 0 Å². The van der Waals surface area contributed by atoms with Gasteiger partial charge in [0, 0.05) is 37.9 Å². The van der Waals surface area contributed by atoms with Crippen molar-refractivity contribution in [1.29, 1.82) is 0 Å². The number of nitrogens with two attached hydrogens (primary N) is 1. The van der Waals surface area contributed by atoms with Gasteiger partial charge in [0.05, 0.1) is 23.3 Å². The summed E-state index contributed by atoms with van der Waals surface area (Å²) in [6, 6.07) is 5.38. The molecule has 0 saturated carbocycles. The van der Waals surface area contributed by atoms with Crippen LogP contribution >= 0.6 is 11.3 Å². The van der Waals surface area contributed by atoms with Crippen LogP contribution in [0.4, 0.5) is 11.4 Å². The second-order valence-electron chi connectivity index (χ2n) is 4.81. The van der Waals surface area contributed by atoms with E-state index in [-0.39, 0.29) is 5.91 Å². The van der Waals surface area contributed by atoms with Gasteiger partial charge in [-0.25, -0.2) is 4.98 Å². The monoisotopic (exact) mass is 290 g/mol. The molecule has 20 heavy (non-hydrogen) atoms. The molecule has 0 aliphatic rings.